The van der Waals surface area contributed by atoms with Crippen molar-refractivity contribution < 1.29 is 19.0 Å². The summed E-state index contributed by atoms with van der Waals surface area (Å²) in [4.78, 5) is 12.3. The van der Waals surface area contributed by atoms with Gasteiger partial charge in [0.05, 0.1) is 26.4 Å². The quantitative estimate of drug-likeness (QED) is 0.883. The average molecular weight is 328 g/mol. The van der Waals surface area contributed by atoms with Crippen molar-refractivity contribution in [3.63, 3.8) is 0 Å². The standard InChI is InChI=1S/C18H20N2O4/c1-4-24-16-14(22-2)9-11(10-15(16)23-3)17-19-13-8-6-5-7-12(13)18(21)20-17/h5-10,17,19H,4H2,1-3H3,(H,20,21)/t17-/m1/s1. The van der Waals surface area contributed by atoms with Gasteiger partial charge in [0.25, 0.3) is 5.91 Å². The van der Waals surface area contributed by atoms with Crippen molar-refractivity contribution in [3.8, 4) is 17.2 Å². The predicted molar refractivity (Wildman–Crippen MR) is 91.0 cm³/mol. The Labute approximate surface area is 140 Å². The van der Waals surface area contributed by atoms with E-state index in [0.717, 1.165) is 11.3 Å². The monoisotopic (exact) mass is 328 g/mol. The second kappa shape index (κ2) is 6.70. The van der Waals surface area contributed by atoms with E-state index in [0.29, 0.717) is 29.4 Å². The molecule has 126 valence electrons. The van der Waals surface area contributed by atoms with E-state index < -0.39 is 0 Å². The summed E-state index contributed by atoms with van der Waals surface area (Å²) in [6.07, 6.45) is -0.383. The molecule has 2 N–H and O–H groups in total. The van der Waals surface area contributed by atoms with Crippen molar-refractivity contribution >= 4 is 11.6 Å². The van der Waals surface area contributed by atoms with E-state index in [1.54, 1.807) is 20.3 Å². The van der Waals surface area contributed by atoms with Crippen molar-refractivity contribution in [2.45, 2.75) is 13.1 Å². The zero-order valence-electron chi connectivity index (χ0n) is 13.9. The largest absolute Gasteiger partial charge is 0.493 e. The molecule has 1 aliphatic heterocycles. The number of rotatable bonds is 5. The van der Waals surface area contributed by atoms with Crippen molar-refractivity contribution in [1.29, 1.82) is 0 Å². The summed E-state index contributed by atoms with van der Waals surface area (Å²) < 4.78 is 16.5. The second-order valence-electron chi connectivity index (χ2n) is 5.28. The molecular weight excluding hydrogens is 308 g/mol. The Morgan fingerprint density at radius 2 is 1.71 bits per heavy atom. The van der Waals surface area contributed by atoms with Gasteiger partial charge in [0, 0.05) is 11.3 Å². The fourth-order valence-corrected chi connectivity index (χ4v) is 2.73. The van der Waals surface area contributed by atoms with Gasteiger partial charge in [-0.25, -0.2) is 0 Å². The number of para-hydroxylation sites is 1. The van der Waals surface area contributed by atoms with E-state index in [1.807, 2.05) is 37.3 Å². The molecule has 1 atom stereocenters. The topological polar surface area (TPSA) is 68.8 Å². The highest BCUT2D eigenvalue weighted by atomic mass is 16.5. The lowest BCUT2D eigenvalue weighted by atomic mass is 10.0. The fourth-order valence-electron chi connectivity index (χ4n) is 2.73. The van der Waals surface area contributed by atoms with E-state index >= 15 is 0 Å². The van der Waals surface area contributed by atoms with Gasteiger partial charge in [-0.15, -0.1) is 0 Å². The molecule has 6 nitrogen and oxygen atoms in total. The smallest absolute Gasteiger partial charge is 0.255 e. The van der Waals surface area contributed by atoms with Crippen LogP contribution in [0.3, 0.4) is 0 Å². The second-order valence-corrected chi connectivity index (χ2v) is 5.28. The van der Waals surface area contributed by atoms with Gasteiger partial charge in [-0.1, -0.05) is 12.1 Å². The molecule has 0 radical (unpaired) electrons. The molecule has 24 heavy (non-hydrogen) atoms. The molecule has 1 amide bonds. The van der Waals surface area contributed by atoms with E-state index in [9.17, 15) is 4.79 Å². The van der Waals surface area contributed by atoms with Crippen molar-refractivity contribution in [2.24, 2.45) is 0 Å². The molecule has 3 rings (SSSR count). The number of carbonyl (C=O) groups excluding carboxylic acids is 1. The number of benzene rings is 2. The third kappa shape index (κ3) is 2.82. The van der Waals surface area contributed by atoms with Crippen LogP contribution in [0.25, 0.3) is 0 Å². The molecule has 0 saturated heterocycles. The van der Waals surface area contributed by atoms with Crippen LogP contribution in [0.15, 0.2) is 36.4 Å². The lowest BCUT2D eigenvalue weighted by molar-refractivity contribution is 0.0935. The number of amides is 1. The summed E-state index contributed by atoms with van der Waals surface area (Å²) in [6.45, 7) is 2.39. The Morgan fingerprint density at radius 1 is 1.04 bits per heavy atom. The molecule has 0 aliphatic carbocycles. The third-order valence-corrected chi connectivity index (χ3v) is 3.85. The lowest BCUT2D eigenvalue weighted by Gasteiger charge is -2.29. The van der Waals surface area contributed by atoms with Gasteiger partial charge in [0.1, 0.15) is 6.17 Å². The Hall–Kier alpha value is -2.89. The summed E-state index contributed by atoms with van der Waals surface area (Å²) in [5.41, 5.74) is 2.23. The first-order chi connectivity index (χ1) is 11.7. The Kier molecular flexibility index (Phi) is 4.46. The van der Waals surface area contributed by atoms with Crippen LogP contribution in [0.4, 0.5) is 5.69 Å². The minimum absolute atomic E-state index is 0.124. The molecule has 0 saturated carbocycles. The van der Waals surface area contributed by atoms with Gasteiger partial charge < -0.3 is 24.8 Å². The van der Waals surface area contributed by atoms with Gasteiger partial charge in [-0.3, -0.25) is 4.79 Å². The first-order valence-corrected chi connectivity index (χ1v) is 7.73. The van der Waals surface area contributed by atoms with Gasteiger partial charge >= 0.3 is 0 Å². The van der Waals surface area contributed by atoms with Crippen molar-refractivity contribution in [2.75, 3.05) is 26.1 Å². The van der Waals surface area contributed by atoms with Gasteiger partial charge in [-0.2, -0.15) is 0 Å². The SMILES string of the molecule is CCOc1c(OC)cc([C@H]2NC(=O)c3ccccc3N2)cc1OC. The zero-order valence-corrected chi connectivity index (χ0v) is 13.9. The number of nitrogens with one attached hydrogen (secondary N) is 2. The minimum atomic E-state index is -0.383. The van der Waals surface area contributed by atoms with Crippen LogP contribution in [0, 0.1) is 0 Å². The highest BCUT2D eigenvalue weighted by molar-refractivity contribution is 6.01. The van der Waals surface area contributed by atoms with Crippen LogP contribution >= 0.6 is 0 Å². The molecule has 0 aromatic heterocycles. The summed E-state index contributed by atoms with van der Waals surface area (Å²) >= 11 is 0. The molecule has 1 aliphatic rings. The summed E-state index contributed by atoms with van der Waals surface area (Å²) in [5.74, 6) is 1.54. The maximum atomic E-state index is 12.3. The molecule has 6 heteroatoms. The number of hydrogen-bond donors (Lipinski definition) is 2. The maximum absolute atomic E-state index is 12.3. The molecular formula is C18H20N2O4. The number of methoxy groups -OCH3 is 2. The highest BCUT2D eigenvalue weighted by Gasteiger charge is 2.26. The molecule has 2 aromatic rings. The average Bonchev–Trinajstić information content (AvgIpc) is 2.62. The molecule has 2 aromatic carbocycles. The first-order valence-electron chi connectivity index (χ1n) is 7.73. The number of fused-ring (bicyclic) bond motifs is 1. The number of hydrogen-bond acceptors (Lipinski definition) is 5. The van der Waals surface area contributed by atoms with Gasteiger partial charge in [0.15, 0.2) is 11.5 Å². The fraction of sp³-hybridized carbons (Fsp3) is 0.278. The Morgan fingerprint density at radius 3 is 2.33 bits per heavy atom. The zero-order chi connectivity index (χ0) is 17.1. The van der Waals surface area contributed by atoms with Crippen LogP contribution in [-0.4, -0.2) is 26.7 Å². The molecule has 0 spiro atoms. The molecule has 1 heterocycles. The third-order valence-electron chi connectivity index (χ3n) is 3.85. The van der Waals surface area contributed by atoms with Crippen LogP contribution in [0.5, 0.6) is 17.2 Å². The van der Waals surface area contributed by atoms with Crippen molar-refractivity contribution in [1.82, 2.24) is 5.32 Å². The molecule has 0 fully saturated rings. The number of ether oxygens (including phenoxy) is 3. The molecule has 0 bridgehead atoms. The van der Waals surface area contributed by atoms with Crippen LogP contribution < -0.4 is 24.8 Å². The molecule has 0 unspecified atom stereocenters. The van der Waals surface area contributed by atoms with Gasteiger partial charge in [0.2, 0.25) is 5.75 Å². The summed E-state index contributed by atoms with van der Waals surface area (Å²) in [7, 11) is 3.15. The number of anilines is 1. The summed E-state index contributed by atoms with van der Waals surface area (Å²) in [6, 6.07) is 11.1. The first kappa shape index (κ1) is 16.0. The van der Waals surface area contributed by atoms with Crippen molar-refractivity contribution in [3.05, 3.63) is 47.5 Å². The van der Waals surface area contributed by atoms with Gasteiger partial charge in [-0.05, 0) is 31.2 Å². The van der Waals surface area contributed by atoms with Crippen LogP contribution in [0.2, 0.25) is 0 Å². The van der Waals surface area contributed by atoms with E-state index in [4.69, 9.17) is 14.2 Å². The predicted octanol–water partition coefficient (Wildman–Crippen LogP) is 2.96. The normalized spacial score (nSPS) is 15.8. The highest BCUT2D eigenvalue weighted by Crippen LogP contribution is 2.40. The van der Waals surface area contributed by atoms with E-state index in [2.05, 4.69) is 10.6 Å². The van der Waals surface area contributed by atoms with E-state index in [1.165, 1.54) is 0 Å². The van der Waals surface area contributed by atoms with Crippen LogP contribution in [0.1, 0.15) is 29.0 Å². The minimum Gasteiger partial charge on any atom is -0.493 e. The summed E-state index contributed by atoms with van der Waals surface area (Å²) in [5, 5.41) is 6.25. The van der Waals surface area contributed by atoms with E-state index in [-0.39, 0.29) is 12.1 Å². The van der Waals surface area contributed by atoms with Crippen LogP contribution in [-0.2, 0) is 0 Å². The number of carbonyl (C=O) groups is 1. The Bertz CT molecular complexity index is 735. The Balaban J connectivity index is 2.00. The maximum Gasteiger partial charge on any atom is 0.255 e. The lowest BCUT2D eigenvalue weighted by Crippen LogP contribution is -2.38.